The van der Waals surface area contributed by atoms with E-state index in [0.717, 1.165) is 63.4 Å². The highest BCUT2D eigenvalue weighted by Crippen LogP contribution is 2.45. The molecule has 5 rings (SSSR count). The van der Waals surface area contributed by atoms with Gasteiger partial charge in [0.05, 0.1) is 62.4 Å². The van der Waals surface area contributed by atoms with E-state index in [1.54, 1.807) is 16.9 Å². The molecule has 0 amide bonds. The lowest BCUT2D eigenvalue weighted by Gasteiger charge is -2.64. The fraction of sp³-hybridized carbons (Fsp3) is 0.739. The number of benzene rings is 1. The van der Waals surface area contributed by atoms with Gasteiger partial charge >= 0.3 is 0 Å². The molecule has 4 fully saturated rings. The summed E-state index contributed by atoms with van der Waals surface area (Å²) in [5, 5.41) is 11.5. The summed E-state index contributed by atoms with van der Waals surface area (Å²) >= 11 is 0. The maximum Gasteiger partial charge on any atom is 0.240 e. The second kappa shape index (κ2) is 7.51. The summed E-state index contributed by atoms with van der Waals surface area (Å²) in [6.07, 6.45) is 4.90. The number of hydrogen-bond acceptors (Lipinski definition) is 3. The summed E-state index contributed by atoms with van der Waals surface area (Å²) in [6.45, 7) is 11.6. The molecule has 28 heavy (non-hydrogen) atoms. The summed E-state index contributed by atoms with van der Waals surface area (Å²) in [6, 6.07) is 6.49. The fourth-order valence-electron chi connectivity index (χ4n) is 7.02. The van der Waals surface area contributed by atoms with Crippen LogP contribution in [0.25, 0.3) is 0 Å². The molecule has 0 spiro atoms. The fourth-order valence-corrected chi connectivity index (χ4v) is 7.02. The largest absolute Gasteiger partial charge is 0.493 e. The highest BCUT2D eigenvalue weighted by atomic mass is 16.5. The van der Waals surface area contributed by atoms with Crippen LogP contribution in [0.3, 0.4) is 0 Å². The lowest BCUT2D eigenvalue weighted by Crippen LogP contribution is -3.41. The van der Waals surface area contributed by atoms with Crippen LogP contribution in [-0.4, -0.2) is 51.1 Å². The minimum Gasteiger partial charge on any atom is -0.493 e. The van der Waals surface area contributed by atoms with E-state index >= 15 is 0 Å². The van der Waals surface area contributed by atoms with Gasteiger partial charge < -0.3 is 14.6 Å². The average molecular weight is 391 g/mol. The van der Waals surface area contributed by atoms with Gasteiger partial charge in [-0.05, 0) is 38.0 Å². The van der Waals surface area contributed by atoms with Crippen molar-refractivity contribution in [1.82, 2.24) is 0 Å². The molecule has 5 heteroatoms. The van der Waals surface area contributed by atoms with Crippen molar-refractivity contribution in [1.29, 1.82) is 0 Å². The second-order valence-electron chi connectivity index (χ2n) is 9.43. The summed E-state index contributed by atoms with van der Waals surface area (Å²) < 4.78 is 11.4. The third-order valence-electron chi connectivity index (χ3n) is 7.61. The van der Waals surface area contributed by atoms with Gasteiger partial charge in [-0.3, -0.25) is 9.80 Å². The topological polar surface area (TPSA) is 47.6 Å². The number of piperidine rings is 2. The first-order valence-corrected chi connectivity index (χ1v) is 11.2. The Morgan fingerprint density at radius 2 is 1.54 bits per heavy atom. The van der Waals surface area contributed by atoms with Crippen LogP contribution in [0.4, 0.5) is 0 Å². The molecule has 0 aliphatic carbocycles. The molecule has 4 aliphatic rings. The molecule has 0 radical (unpaired) electrons. The van der Waals surface area contributed by atoms with Crippen LogP contribution >= 0.6 is 0 Å². The number of methoxy groups -OCH3 is 1. The van der Waals surface area contributed by atoms with Crippen LogP contribution in [0.2, 0.25) is 0 Å². The number of ether oxygens (including phenoxy) is 2. The predicted molar refractivity (Wildman–Crippen MR) is 109 cm³/mol. The quantitative estimate of drug-likeness (QED) is 0.616. The van der Waals surface area contributed by atoms with Gasteiger partial charge in [0.2, 0.25) is 6.17 Å². The number of quaternary nitrogens is 2. The maximum absolute atomic E-state index is 11.5. The van der Waals surface area contributed by atoms with Crippen LogP contribution in [0.15, 0.2) is 18.2 Å². The average Bonchev–Trinajstić information content (AvgIpc) is 2.67. The van der Waals surface area contributed by atoms with Crippen molar-refractivity contribution >= 4 is 0 Å². The van der Waals surface area contributed by atoms with Crippen molar-refractivity contribution in [3.8, 4) is 11.5 Å². The van der Waals surface area contributed by atoms with Crippen LogP contribution in [0.5, 0.6) is 11.5 Å². The van der Waals surface area contributed by atoms with E-state index < -0.39 is 0 Å². The Labute approximate surface area is 169 Å². The van der Waals surface area contributed by atoms with Crippen LogP contribution in [0, 0.1) is 10.8 Å². The minimum atomic E-state index is -0.136. The van der Waals surface area contributed by atoms with E-state index in [-0.39, 0.29) is 16.9 Å². The SMILES string of the molecule is CCCC12C[NH+]3CC(CCC)(C[NH+](C1)C3c1ccc(OCC)c(OC)c1)C2O. The van der Waals surface area contributed by atoms with Crippen molar-refractivity contribution in [2.24, 2.45) is 10.8 Å². The van der Waals surface area contributed by atoms with Gasteiger partial charge in [-0.1, -0.05) is 26.7 Å². The normalized spacial score (nSPS) is 38.6. The molecule has 4 heterocycles. The first-order valence-electron chi connectivity index (χ1n) is 11.2. The zero-order valence-electron chi connectivity index (χ0n) is 18.0. The van der Waals surface area contributed by atoms with Gasteiger partial charge in [-0.15, -0.1) is 0 Å². The zero-order valence-corrected chi connectivity index (χ0v) is 18.0. The predicted octanol–water partition coefficient (Wildman–Crippen LogP) is 0.837. The van der Waals surface area contributed by atoms with E-state index in [1.165, 1.54) is 5.56 Å². The molecule has 0 atom stereocenters. The van der Waals surface area contributed by atoms with Crippen LogP contribution in [0.1, 0.15) is 58.2 Å². The Kier molecular flexibility index (Phi) is 5.36. The number of aliphatic hydroxyl groups excluding tert-OH is 1. The van der Waals surface area contributed by atoms with E-state index in [1.807, 2.05) is 6.92 Å². The van der Waals surface area contributed by atoms with Gasteiger partial charge in [-0.25, -0.2) is 0 Å². The first kappa shape index (κ1) is 20.0. The Morgan fingerprint density at radius 1 is 0.964 bits per heavy atom. The van der Waals surface area contributed by atoms with E-state index in [4.69, 9.17) is 9.47 Å². The Bertz CT molecular complexity index is 665. The first-order chi connectivity index (χ1) is 13.5. The summed E-state index contributed by atoms with van der Waals surface area (Å²) in [5.41, 5.74) is 1.53. The molecule has 156 valence electrons. The summed E-state index contributed by atoms with van der Waals surface area (Å²) in [7, 11) is 1.72. The molecule has 1 aromatic rings. The number of hydrogen-bond donors (Lipinski definition) is 3. The molecule has 4 bridgehead atoms. The van der Waals surface area contributed by atoms with E-state index in [0.29, 0.717) is 12.8 Å². The lowest BCUT2D eigenvalue weighted by atomic mass is 9.56. The molecule has 0 unspecified atom stereocenters. The standard InChI is InChI=1S/C23H36N2O3/c1-5-10-22-13-24-15-23(11-6-2,21(22)26)16-25(14-22)20(24)17-8-9-18(28-7-3)19(12-17)27-4/h8-9,12,20-21,26H,5-7,10-11,13-16H2,1-4H3/p+2. The zero-order chi connectivity index (χ0) is 19.9. The molecule has 0 saturated carbocycles. The van der Waals surface area contributed by atoms with Crippen LogP contribution < -0.4 is 19.3 Å². The molecule has 4 aliphatic heterocycles. The monoisotopic (exact) mass is 390 g/mol. The van der Waals surface area contributed by atoms with E-state index in [9.17, 15) is 5.11 Å². The number of rotatable bonds is 8. The maximum atomic E-state index is 11.5. The molecular weight excluding hydrogens is 352 g/mol. The van der Waals surface area contributed by atoms with Crippen LogP contribution in [-0.2, 0) is 0 Å². The van der Waals surface area contributed by atoms with Crippen molar-refractivity contribution in [3.63, 3.8) is 0 Å². The lowest BCUT2D eigenvalue weighted by molar-refractivity contribution is -1.19. The summed E-state index contributed by atoms with van der Waals surface area (Å²) in [4.78, 5) is 3.32. The highest BCUT2D eigenvalue weighted by Gasteiger charge is 2.70. The van der Waals surface area contributed by atoms with Crippen molar-refractivity contribution in [2.45, 2.75) is 58.7 Å². The van der Waals surface area contributed by atoms with Gasteiger partial charge in [0.1, 0.15) is 0 Å². The number of aliphatic hydroxyl groups is 1. The van der Waals surface area contributed by atoms with Gasteiger partial charge in [-0.2, -0.15) is 0 Å². The van der Waals surface area contributed by atoms with Gasteiger partial charge in [0.15, 0.2) is 11.5 Å². The highest BCUT2D eigenvalue weighted by molar-refractivity contribution is 5.43. The van der Waals surface area contributed by atoms with Crippen molar-refractivity contribution in [2.75, 3.05) is 39.9 Å². The third kappa shape index (κ3) is 2.94. The Balaban J connectivity index is 1.68. The molecule has 1 aromatic carbocycles. The van der Waals surface area contributed by atoms with E-state index in [2.05, 4.69) is 32.0 Å². The molecule has 0 aromatic heterocycles. The smallest absolute Gasteiger partial charge is 0.240 e. The molecule has 3 N–H and O–H groups in total. The molecular formula is C23H38N2O3+2. The summed E-state index contributed by atoms with van der Waals surface area (Å²) in [5.74, 6) is 1.66. The third-order valence-corrected chi connectivity index (χ3v) is 7.61. The second-order valence-corrected chi connectivity index (χ2v) is 9.43. The van der Waals surface area contributed by atoms with Crippen molar-refractivity contribution in [3.05, 3.63) is 23.8 Å². The Morgan fingerprint density at radius 3 is 2.00 bits per heavy atom. The van der Waals surface area contributed by atoms with Gasteiger partial charge in [0, 0.05) is 0 Å². The van der Waals surface area contributed by atoms with Gasteiger partial charge in [0.25, 0.3) is 0 Å². The molecule has 4 saturated heterocycles. The van der Waals surface area contributed by atoms with Crippen molar-refractivity contribution < 1.29 is 24.4 Å². The number of nitrogens with one attached hydrogen (secondary N) is 2. The Hall–Kier alpha value is -1.30. The minimum absolute atomic E-state index is 0.0942. The molecule has 5 nitrogen and oxygen atoms in total.